The van der Waals surface area contributed by atoms with Crippen LogP contribution in [0, 0.1) is 11.3 Å². The molecule has 0 saturated heterocycles. The summed E-state index contributed by atoms with van der Waals surface area (Å²) in [6.45, 7) is 0. The lowest BCUT2D eigenvalue weighted by Crippen LogP contribution is -2.03. The van der Waals surface area contributed by atoms with Crippen molar-refractivity contribution in [2.24, 2.45) is 0 Å². The Morgan fingerprint density at radius 1 is 0.882 bits per heavy atom. The molecule has 5 heteroatoms. The molecule has 4 nitrogen and oxygen atoms in total. The second-order valence-electron chi connectivity index (χ2n) is 7.92. The summed E-state index contributed by atoms with van der Waals surface area (Å²) in [5.41, 5.74) is 2.37. The van der Waals surface area contributed by atoms with Gasteiger partial charge in [0.1, 0.15) is 16.7 Å². The summed E-state index contributed by atoms with van der Waals surface area (Å²) in [6.07, 6.45) is 1.85. The van der Waals surface area contributed by atoms with Gasteiger partial charge in [-0.05, 0) is 45.3 Å². The van der Waals surface area contributed by atoms with Crippen molar-refractivity contribution < 1.29 is 4.42 Å². The van der Waals surface area contributed by atoms with E-state index in [1.165, 1.54) is 11.3 Å². The lowest BCUT2D eigenvalue weighted by atomic mass is 10.0. The number of allylic oxidation sites excluding steroid dienone is 1. The zero-order valence-electron chi connectivity index (χ0n) is 17.9. The zero-order valence-corrected chi connectivity index (χ0v) is 18.7. The van der Waals surface area contributed by atoms with Crippen LogP contribution in [0.5, 0.6) is 0 Å². The number of nitrogens with zero attached hydrogens (tertiary/aromatic N) is 2. The second-order valence-corrected chi connectivity index (χ2v) is 8.78. The molecule has 0 saturated carbocycles. The summed E-state index contributed by atoms with van der Waals surface area (Å²) in [4.78, 5) is 17.4. The van der Waals surface area contributed by atoms with Crippen LogP contribution in [0.3, 0.4) is 0 Å². The monoisotopic (exact) mass is 456 g/mol. The molecule has 0 radical (unpaired) electrons. The fourth-order valence-electron chi connectivity index (χ4n) is 4.24. The highest BCUT2D eigenvalue weighted by Gasteiger charge is 2.15. The standard InChI is InChI=1S/C29H16N2O2S/c30-16-21(14-20-9-5-8-18-6-1-3-10-22(18)20)28-31-26(17-34-28)25-15-24-23-11-4-2-7-19(23)12-13-27(24)33-29(25)32/h1-15,17H/b21-14-. The van der Waals surface area contributed by atoms with E-state index >= 15 is 0 Å². The van der Waals surface area contributed by atoms with Gasteiger partial charge in [-0.1, -0.05) is 72.8 Å². The van der Waals surface area contributed by atoms with E-state index in [0.717, 1.165) is 32.5 Å². The van der Waals surface area contributed by atoms with E-state index in [2.05, 4.69) is 11.1 Å². The first-order valence-electron chi connectivity index (χ1n) is 10.7. The Morgan fingerprint density at radius 2 is 1.62 bits per heavy atom. The van der Waals surface area contributed by atoms with Crippen molar-refractivity contribution in [3.63, 3.8) is 0 Å². The van der Waals surface area contributed by atoms with Crippen molar-refractivity contribution >= 4 is 55.5 Å². The van der Waals surface area contributed by atoms with Crippen molar-refractivity contribution in [3.8, 4) is 17.3 Å². The van der Waals surface area contributed by atoms with Crippen molar-refractivity contribution in [2.75, 3.05) is 0 Å². The third-order valence-corrected chi connectivity index (χ3v) is 6.77. The Bertz CT molecular complexity index is 1850. The van der Waals surface area contributed by atoms with Gasteiger partial charge >= 0.3 is 5.63 Å². The maximum Gasteiger partial charge on any atom is 0.345 e. The molecule has 6 rings (SSSR count). The molecule has 6 aromatic rings. The summed E-state index contributed by atoms with van der Waals surface area (Å²) in [7, 11) is 0. The number of fused-ring (bicyclic) bond motifs is 4. The molecule has 0 spiro atoms. The molecule has 0 aliphatic carbocycles. The van der Waals surface area contributed by atoms with Gasteiger partial charge < -0.3 is 4.42 Å². The average molecular weight is 457 g/mol. The molecule has 0 aliphatic rings. The lowest BCUT2D eigenvalue weighted by Gasteiger charge is -2.04. The van der Waals surface area contributed by atoms with Crippen LogP contribution in [0.2, 0.25) is 0 Å². The molecule has 0 amide bonds. The highest BCUT2D eigenvalue weighted by atomic mass is 32.1. The number of nitriles is 1. The predicted octanol–water partition coefficient (Wildman–Crippen LogP) is 7.29. The largest absolute Gasteiger partial charge is 0.422 e. The number of benzene rings is 4. The first-order chi connectivity index (χ1) is 16.7. The second kappa shape index (κ2) is 8.11. The smallest absolute Gasteiger partial charge is 0.345 e. The van der Waals surface area contributed by atoms with E-state index in [-0.39, 0.29) is 0 Å². The van der Waals surface area contributed by atoms with E-state index in [4.69, 9.17) is 4.42 Å². The Kier molecular flexibility index (Phi) is 4.80. The molecule has 2 heterocycles. The van der Waals surface area contributed by atoms with Crippen LogP contribution in [-0.2, 0) is 0 Å². The molecule has 0 bridgehead atoms. The quantitative estimate of drug-likeness (QED) is 0.159. The topological polar surface area (TPSA) is 66.9 Å². The van der Waals surface area contributed by atoms with Crippen LogP contribution in [0.1, 0.15) is 10.6 Å². The molecular formula is C29H16N2O2S. The third kappa shape index (κ3) is 3.38. The van der Waals surface area contributed by atoms with Gasteiger partial charge in [-0.25, -0.2) is 9.78 Å². The van der Waals surface area contributed by atoms with Gasteiger partial charge in [0.15, 0.2) is 0 Å². The fourth-order valence-corrected chi connectivity index (χ4v) is 5.03. The van der Waals surface area contributed by atoms with E-state index in [1.807, 2.05) is 91.0 Å². The number of thiazole rings is 1. The summed E-state index contributed by atoms with van der Waals surface area (Å²) >= 11 is 1.34. The number of hydrogen-bond donors (Lipinski definition) is 0. The van der Waals surface area contributed by atoms with Gasteiger partial charge in [0.2, 0.25) is 0 Å². The first-order valence-corrected chi connectivity index (χ1v) is 11.6. The van der Waals surface area contributed by atoms with Gasteiger partial charge in [-0.15, -0.1) is 11.3 Å². The molecule has 0 aliphatic heterocycles. The average Bonchev–Trinajstić information content (AvgIpc) is 3.36. The van der Waals surface area contributed by atoms with E-state index < -0.39 is 5.63 Å². The molecule has 34 heavy (non-hydrogen) atoms. The molecule has 160 valence electrons. The summed E-state index contributed by atoms with van der Waals surface area (Å²) in [5.74, 6) is 0. The highest BCUT2D eigenvalue weighted by Crippen LogP contribution is 2.31. The van der Waals surface area contributed by atoms with Crippen LogP contribution in [0.15, 0.2) is 99.5 Å². The van der Waals surface area contributed by atoms with Crippen LogP contribution in [-0.4, -0.2) is 4.98 Å². The molecule has 0 fully saturated rings. The molecular weight excluding hydrogens is 440 g/mol. The number of rotatable bonds is 3. The fraction of sp³-hybridized carbons (Fsp3) is 0. The maximum atomic E-state index is 12.8. The van der Waals surface area contributed by atoms with Gasteiger partial charge in [0.25, 0.3) is 0 Å². The third-order valence-electron chi connectivity index (χ3n) is 5.90. The van der Waals surface area contributed by atoms with Gasteiger partial charge in [-0.3, -0.25) is 0 Å². The highest BCUT2D eigenvalue weighted by molar-refractivity contribution is 7.11. The minimum atomic E-state index is -0.448. The van der Waals surface area contributed by atoms with Gasteiger partial charge in [0, 0.05) is 10.8 Å². The van der Waals surface area contributed by atoms with Gasteiger partial charge in [0.05, 0.1) is 16.8 Å². The molecule has 2 aromatic heterocycles. The minimum Gasteiger partial charge on any atom is -0.422 e. The molecule has 0 atom stereocenters. The van der Waals surface area contributed by atoms with Crippen LogP contribution in [0.25, 0.3) is 55.4 Å². The van der Waals surface area contributed by atoms with Gasteiger partial charge in [-0.2, -0.15) is 5.26 Å². The Morgan fingerprint density at radius 3 is 2.44 bits per heavy atom. The minimum absolute atomic E-state index is 0.383. The molecule has 4 aromatic carbocycles. The van der Waals surface area contributed by atoms with Crippen LogP contribution < -0.4 is 5.63 Å². The lowest BCUT2D eigenvalue weighted by molar-refractivity contribution is 0.563. The van der Waals surface area contributed by atoms with Crippen molar-refractivity contribution in [1.82, 2.24) is 4.98 Å². The summed E-state index contributed by atoms with van der Waals surface area (Å²) < 4.78 is 5.62. The van der Waals surface area contributed by atoms with E-state index in [1.54, 1.807) is 5.38 Å². The van der Waals surface area contributed by atoms with Crippen molar-refractivity contribution in [3.05, 3.63) is 111 Å². The van der Waals surface area contributed by atoms with Crippen molar-refractivity contribution in [2.45, 2.75) is 0 Å². The number of aromatic nitrogens is 1. The van der Waals surface area contributed by atoms with Crippen LogP contribution >= 0.6 is 11.3 Å². The first kappa shape index (κ1) is 20.1. The normalized spacial score (nSPS) is 11.8. The molecule has 0 N–H and O–H groups in total. The Labute approximate surface area is 198 Å². The van der Waals surface area contributed by atoms with E-state index in [0.29, 0.717) is 27.4 Å². The predicted molar refractivity (Wildman–Crippen MR) is 139 cm³/mol. The zero-order chi connectivity index (χ0) is 23.1. The molecule has 0 unspecified atom stereocenters. The number of hydrogen-bond acceptors (Lipinski definition) is 5. The maximum absolute atomic E-state index is 12.8. The summed E-state index contributed by atoms with van der Waals surface area (Å²) in [6, 6.07) is 29.9. The Hall–Kier alpha value is -4.53. The SMILES string of the molecule is N#C/C(=C/c1cccc2ccccc12)c1nc(-c2cc3c(ccc4ccccc43)oc2=O)cs1. The summed E-state index contributed by atoms with van der Waals surface area (Å²) in [5, 5.41) is 17.3. The Balaban J connectivity index is 1.47. The van der Waals surface area contributed by atoms with E-state index in [9.17, 15) is 10.1 Å². The van der Waals surface area contributed by atoms with Crippen molar-refractivity contribution in [1.29, 1.82) is 5.26 Å². The van der Waals surface area contributed by atoms with Crippen LogP contribution in [0.4, 0.5) is 0 Å².